The first kappa shape index (κ1) is 6.05. The molecule has 4 N–H and O–H groups in total. The van der Waals surface area contributed by atoms with Gasteiger partial charge in [0.1, 0.15) is 0 Å². The third-order valence-electron chi connectivity index (χ3n) is 1.71. The topological polar surface area (TPSA) is 39.7 Å². The van der Waals surface area contributed by atoms with Crippen molar-refractivity contribution in [1.82, 2.24) is 5.32 Å². The van der Waals surface area contributed by atoms with E-state index in [1.165, 1.54) is 25.8 Å². The summed E-state index contributed by atoms with van der Waals surface area (Å²) in [6.45, 7) is 2.31. The van der Waals surface area contributed by atoms with Crippen molar-refractivity contribution in [1.29, 1.82) is 0 Å². The van der Waals surface area contributed by atoms with Gasteiger partial charge in [-0.1, -0.05) is 0 Å². The molecular formula is C6H15N2+. The quantitative estimate of drug-likeness (QED) is 0.494. The smallest absolute Gasteiger partial charge is 0.0754 e. The van der Waals surface area contributed by atoms with E-state index in [1.54, 1.807) is 0 Å². The molecule has 0 saturated carbocycles. The molecule has 2 nitrogen and oxygen atoms in total. The van der Waals surface area contributed by atoms with E-state index in [9.17, 15) is 0 Å². The van der Waals surface area contributed by atoms with Gasteiger partial charge in [-0.15, -0.1) is 0 Å². The number of hydrogen-bond donors (Lipinski definition) is 2. The predicted molar refractivity (Wildman–Crippen MR) is 33.4 cm³/mol. The molecule has 0 aromatic rings. The van der Waals surface area contributed by atoms with E-state index in [-0.39, 0.29) is 0 Å². The Morgan fingerprint density at radius 3 is 3.00 bits per heavy atom. The molecule has 0 bridgehead atoms. The third kappa shape index (κ3) is 1.46. The van der Waals surface area contributed by atoms with Crippen molar-refractivity contribution in [2.24, 2.45) is 0 Å². The van der Waals surface area contributed by atoms with E-state index in [4.69, 9.17) is 0 Å². The van der Waals surface area contributed by atoms with Gasteiger partial charge in [-0.2, -0.15) is 0 Å². The SMILES string of the molecule is [NH3+]CCC1CCCN1. The fraction of sp³-hybridized carbons (Fsp3) is 1.00. The molecule has 1 saturated heterocycles. The largest absolute Gasteiger partial charge is 0.358 e. The van der Waals surface area contributed by atoms with E-state index in [0.29, 0.717) is 0 Å². The Bertz CT molecular complexity index is 57.5. The molecule has 8 heavy (non-hydrogen) atoms. The van der Waals surface area contributed by atoms with Gasteiger partial charge in [0.2, 0.25) is 0 Å². The van der Waals surface area contributed by atoms with Crippen LogP contribution >= 0.6 is 0 Å². The number of rotatable bonds is 2. The molecule has 48 valence electrons. The van der Waals surface area contributed by atoms with Crippen LogP contribution in [-0.4, -0.2) is 19.1 Å². The summed E-state index contributed by atoms with van der Waals surface area (Å²) in [5, 5.41) is 3.42. The molecule has 1 fully saturated rings. The van der Waals surface area contributed by atoms with Crippen molar-refractivity contribution in [3.8, 4) is 0 Å². The molecule has 0 aromatic heterocycles. The fourth-order valence-electron chi connectivity index (χ4n) is 1.25. The maximum atomic E-state index is 3.81. The van der Waals surface area contributed by atoms with Crippen LogP contribution in [0.5, 0.6) is 0 Å². The minimum atomic E-state index is 0.799. The second-order valence-electron chi connectivity index (χ2n) is 2.44. The predicted octanol–water partition coefficient (Wildman–Crippen LogP) is -0.630. The maximum absolute atomic E-state index is 3.81. The minimum Gasteiger partial charge on any atom is -0.358 e. The van der Waals surface area contributed by atoms with Gasteiger partial charge in [0.25, 0.3) is 0 Å². The summed E-state index contributed by atoms with van der Waals surface area (Å²) in [7, 11) is 0. The van der Waals surface area contributed by atoms with Crippen LogP contribution in [0, 0.1) is 0 Å². The molecule has 1 atom stereocenters. The second-order valence-corrected chi connectivity index (χ2v) is 2.44. The highest BCUT2D eigenvalue weighted by atomic mass is 14.9. The van der Waals surface area contributed by atoms with Crippen LogP contribution in [0.1, 0.15) is 19.3 Å². The lowest BCUT2D eigenvalue weighted by atomic mass is 10.2. The summed E-state index contributed by atoms with van der Waals surface area (Å²) >= 11 is 0. The highest BCUT2D eigenvalue weighted by molar-refractivity contribution is 4.72. The average molecular weight is 115 g/mol. The first-order valence-corrected chi connectivity index (χ1v) is 3.46. The van der Waals surface area contributed by atoms with Gasteiger partial charge in [0.05, 0.1) is 6.54 Å². The number of hydrogen-bond acceptors (Lipinski definition) is 1. The van der Waals surface area contributed by atoms with Crippen LogP contribution in [0.4, 0.5) is 0 Å². The molecule has 2 heteroatoms. The first-order chi connectivity index (χ1) is 3.93. The van der Waals surface area contributed by atoms with E-state index >= 15 is 0 Å². The normalized spacial score (nSPS) is 28.9. The Kier molecular flexibility index (Phi) is 2.30. The van der Waals surface area contributed by atoms with Crippen LogP contribution in [-0.2, 0) is 0 Å². The number of quaternary nitrogens is 1. The van der Waals surface area contributed by atoms with Gasteiger partial charge in [-0.3, -0.25) is 0 Å². The van der Waals surface area contributed by atoms with E-state index in [0.717, 1.165) is 12.6 Å². The molecule has 1 heterocycles. The summed E-state index contributed by atoms with van der Waals surface area (Å²) in [5.74, 6) is 0. The van der Waals surface area contributed by atoms with Crippen molar-refractivity contribution in [3.05, 3.63) is 0 Å². The lowest BCUT2D eigenvalue weighted by Crippen LogP contribution is -2.52. The van der Waals surface area contributed by atoms with Gasteiger partial charge in [-0.05, 0) is 19.4 Å². The summed E-state index contributed by atoms with van der Waals surface area (Å²) in [6, 6.07) is 0.799. The van der Waals surface area contributed by atoms with Gasteiger partial charge >= 0.3 is 0 Å². The lowest BCUT2D eigenvalue weighted by molar-refractivity contribution is -0.369. The molecule has 0 amide bonds. The highest BCUT2D eigenvalue weighted by Gasteiger charge is 2.12. The molecule has 1 rings (SSSR count). The Morgan fingerprint density at radius 2 is 2.50 bits per heavy atom. The van der Waals surface area contributed by atoms with Crippen LogP contribution in [0.2, 0.25) is 0 Å². The van der Waals surface area contributed by atoms with E-state index in [2.05, 4.69) is 11.1 Å². The maximum Gasteiger partial charge on any atom is 0.0754 e. The Morgan fingerprint density at radius 1 is 1.62 bits per heavy atom. The van der Waals surface area contributed by atoms with Crippen LogP contribution in [0.15, 0.2) is 0 Å². The van der Waals surface area contributed by atoms with Gasteiger partial charge < -0.3 is 11.1 Å². The van der Waals surface area contributed by atoms with Gasteiger partial charge in [0, 0.05) is 12.5 Å². The van der Waals surface area contributed by atoms with Crippen LogP contribution in [0.25, 0.3) is 0 Å². The average Bonchev–Trinajstić information content (AvgIpc) is 2.19. The van der Waals surface area contributed by atoms with Crippen molar-refractivity contribution in [2.75, 3.05) is 13.1 Å². The third-order valence-corrected chi connectivity index (χ3v) is 1.71. The molecule has 1 unspecified atom stereocenters. The first-order valence-electron chi connectivity index (χ1n) is 3.46. The van der Waals surface area contributed by atoms with E-state index < -0.39 is 0 Å². The fourth-order valence-corrected chi connectivity index (χ4v) is 1.25. The monoisotopic (exact) mass is 115 g/mol. The summed E-state index contributed by atoms with van der Waals surface area (Å²) in [5.41, 5.74) is 3.81. The van der Waals surface area contributed by atoms with Crippen molar-refractivity contribution < 1.29 is 5.73 Å². The molecule has 0 aromatic carbocycles. The lowest BCUT2D eigenvalue weighted by Gasteiger charge is -2.03. The second kappa shape index (κ2) is 3.05. The van der Waals surface area contributed by atoms with Crippen molar-refractivity contribution in [3.63, 3.8) is 0 Å². The zero-order chi connectivity index (χ0) is 5.82. The standard InChI is InChI=1S/C6H14N2/c7-4-3-6-2-1-5-8-6/h6,8H,1-5,7H2/p+1. The van der Waals surface area contributed by atoms with Crippen molar-refractivity contribution in [2.45, 2.75) is 25.3 Å². The zero-order valence-electron chi connectivity index (χ0n) is 5.32. The Hall–Kier alpha value is -0.0800. The zero-order valence-corrected chi connectivity index (χ0v) is 5.32. The van der Waals surface area contributed by atoms with Crippen LogP contribution in [0.3, 0.4) is 0 Å². The minimum absolute atomic E-state index is 0.799. The summed E-state index contributed by atoms with van der Waals surface area (Å²) in [4.78, 5) is 0. The molecule has 0 aliphatic carbocycles. The summed E-state index contributed by atoms with van der Waals surface area (Å²) in [6.07, 6.45) is 4.00. The highest BCUT2D eigenvalue weighted by Crippen LogP contribution is 2.06. The van der Waals surface area contributed by atoms with Crippen LogP contribution < -0.4 is 11.1 Å². The summed E-state index contributed by atoms with van der Waals surface area (Å²) < 4.78 is 0. The molecular weight excluding hydrogens is 100 g/mol. The van der Waals surface area contributed by atoms with Gasteiger partial charge in [0.15, 0.2) is 0 Å². The molecule has 1 aliphatic heterocycles. The van der Waals surface area contributed by atoms with Gasteiger partial charge in [-0.25, -0.2) is 0 Å². The molecule has 0 spiro atoms. The van der Waals surface area contributed by atoms with E-state index in [1.807, 2.05) is 0 Å². The Labute approximate surface area is 50.4 Å². The molecule has 1 aliphatic rings. The molecule has 0 radical (unpaired) electrons. The Balaban J connectivity index is 2.06. The van der Waals surface area contributed by atoms with Crippen molar-refractivity contribution >= 4 is 0 Å². The number of nitrogens with one attached hydrogen (secondary N) is 1.